The highest BCUT2D eigenvalue weighted by Crippen LogP contribution is 2.29. The van der Waals surface area contributed by atoms with Gasteiger partial charge in [0, 0.05) is 11.6 Å². The summed E-state index contributed by atoms with van der Waals surface area (Å²) in [5.41, 5.74) is 0.785. The molecule has 5 heteroatoms. The lowest BCUT2D eigenvalue weighted by molar-refractivity contribution is -0.138. The Kier molecular flexibility index (Phi) is 5.67. The molecule has 1 atom stereocenters. The average molecular weight is 297 g/mol. The number of likely N-dealkylation sites (tertiary alicyclic amines) is 1. The number of halogens is 2. The van der Waals surface area contributed by atoms with Crippen LogP contribution in [0.25, 0.3) is 0 Å². The topological polar surface area (TPSA) is 40.5 Å². The van der Waals surface area contributed by atoms with Gasteiger partial charge in [-0.15, -0.1) is 0 Å². The first-order valence-corrected chi connectivity index (χ1v) is 7.42. The van der Waals surface area contributed by atoms with Crippen molar-refractivity contribution in [2.24, 2.45) is 0 Å². The summed E-state index contributed by atoms with van der Waals surface area (Å²) >= 11 is 0. The molecule has 1 aromatic rings. The van der Waals surface area contributed by atoms with E-state index in [1.54, 1.807) is 12.1 Å². The number of alkyl halides is 2. The van der Waals surface area contributed by atoms with Crippen molar-refractivity contribution < 1.29 is 18.7 Å². The molecule has 1 heterocycles. The molecule has 3 nitrogen and oxygen atoms in total. The number of hydrogen-bond donors (Lipinski definition) is 1. The summed E-state index contributed by atoms with van der Waals surface area (Å²) in [6, 6.07) is 5.84. The van der Waals surface area contributed by atoms with Crippen LogP contribution >= 0.6 is 0 Å². The monoisotopic (exact) mass is 297 g/mol. The van der Waals surface area contributed by atoms with E-state index in [1.165, 1.54) is 25.0 Å². The number of aliphatic carboxylic acids is 1. The van der Waals surface area contributed by atoms with Crippen molar-refractivity contribution in [2.75, 3.05) is 13.1 Å². The third-order valence-electron chi connectivity index (χ3n) is 4.02. The minimum absolute atomic E-state index is 0.00796. The van der Waals surface area contributed by atoms with E-state index in [2.05, 4.69) is 4.90 Å². The molecule has 0 radical (unpaired) electrons. The van der Waals surface area contributed by atoms with E-state index in [9.17, 15) is 13.6 Å². The molecule has 0 amide bonds. The summed E-state index contributed by atoms with van der Waals surface area (Å²) in [7, 11) is 0. The fraction of sp³-hybridized carbons (Fsp3) is 0.562. The number of carboxylic acids is 1. The molecular formula is C16H21F2NO2. The summed E-state index contributed by atoms with van der Waals surface area (Å²) in [5, 5.41) is 9.14. The lowest BCUT2D eigenvalue weighted by Gasteiger charge is -2.30. The van der Waals surface area contributed by atoms with Crippen LogP contribution in [0.5, 0.6) is 0 Å². The maximum Gasteiger partial charge on any atom is 0.305 e. The largest absolute Gasteiger partial charge is 0.481 e. The van der Waals surface area contributed by atoms with Gasteiger partial charge in [-0.1, -0.05) is 37.1 Å². The predicted molar refractivity (Wildman–Crippen MR) is 76.4 cm³/mol. The van der Waals surface area contributed by atoms with Gasteiger partial charge in [-0.2, -0.15) is 0 Å². The molecule has 0 bridgehead atoms. The fourth-order valence-electron chi connectivity index (χ4n) is 2.89. The molecule has 1 N–H and O–H groups in total. The van der Waals surface area contributed by atoms with Crippen LogP contribution in [-0.4, -0.2) is 29.1 Å². The van der Waals surface area contributed by atoms with Crippen LogP contribution < -0.4 is 0 Å². The Balaban J connectivity index is 2.19. The number of carbonyl (C=O) groups is 1. The minimum Gasteiger partial charge on any atom is -0.481 e. The number of benzene rings is 1. The van der Waals surface area contributed by atoms with Gasteiger partial charge in [0.15, 0.2) is 0 Å². The zero-order chi connectivity index (χ0) is 15.2. The molecule has 1 aromatic carbocycles. The average Bonchev–Trinajstić information content (AvgIpc) is 2.73. The Labute approximate surface area is 123 Å². The van der Waals surface area contributed by atoms with Gasteiger partial charge in [-0.05, 0) is 31.5 Å². The fourth-order valence-corrected chi connectivity index (χ4v) is 2.89. The molecule has 1 saturated heterocycles. The standard InChI is InChI=1S/C16H21F2NO2/c17-16(18)13-7-5-12(6-8-13)14(11-15(20)21)19-9-3-1-2-4-10-19/h5-8,14,16H,1-4,9-11H2,(H,20,21). The first-order chi connectivity index (χ1) is 10.1. The van der Waals surface area contributed by atoms with E-state index in [1.807, 2.05) is 0 Å². The van der Waals surface area contributed by atoms with E-state index in [4.69, 9.17) is 5.11 Å². The maximum atomic E-state index is 12.6. The maximum absolute atomic E-state index is 12.6. The summed E-state index contributed by atoms with van der Waals surface area (Å²) in [4.78, 5) is 13.3. The van der Waals surface area contributed by atoms with Crippen LogP contribution in [0.15, 0.2) is 24.3 Å². The molecule has 0 spiro atoms. The molecule has 0 aliphatic carbocycles. The van der Waals surface area contributed by atoms with Gasteiger partial charge in [0.05, 0.1) is 6.42 Å². The van der Waals surface area contributed by atoms with Gasteiger partial charge in [0.25, 0.3) is 6.43 Å². The van der Waals surface area contributed by atoms with Crippen molar-refractivity contribution in [2.45, 2.75) is 44.6 Å². The van der Waals surface area contributed by atoms with Crippen molar-refractivity contribution in [3.63, 3.8) is 0 Å². The van der Waals surface area contributed by atoms with Gasteiger partial charge in [0.2, 0.25) is 0 Å². The number of rotatable bonds is 5. The number of hydrogen-bond acceptors (Lipinski definition) is 2. The van der Waals surface area contributed by atoms with Crippen molar-refractivity contribution in [3.05, 3.63) is 35.4 Å². The first kappa shape index (κ1) is 15.9. The number of nitrogens with zero attached hydrogens (tertiary/aromatic N) is 1. The van der Waals surface area contributed by atoms with Crippen LogP contribution in [0.2, 0.25) is 0 Å². The molecular weight excluding hydrogens is 276 g/mol. The quantitative estimate of drug-likeness (QED) is 0.892. The van der Waals surface area contributed by atoms with E-state index in [0.29, 0.717) is 0 Å². The molecule has 1 aliphatic rings. The van der Waals surface area contributed by atoms with Gasteiger partial charge in [0.1, 0.15) is 0 Å². The SMILES string of the molecule is O=C(O)CC(c1ccc(C(F)F)cc1)N1CCCCCC1. The zero-order valence-corrected chi connectivity index (χ0v) is 12.0. The Morgan fingerprint density at radius 1 is 1.05 bits per heavy atom. The van der Waals surface area contributed by atoms with Crippen molar-refractivity contribution >= 4 is 5.97 Å². The Morgan fingerprint density at radius 2 is 1.57 bits per heavy atom. The van der Waals surface area contributed by atoms with Crippen LogP contribution in [0.1, 0.15) is 55.7 Å². The molecule has 116 valence electrons. The van der Waals surface area contributed by atoms with Crippen LogP contribution in [0, 0.1) is 0 Å². The number of carboxylic acid groups (broad SMARTS) is 1. The normalized spacial score (nSPS) is 18.4. The molecule has 1 aliphatic heterocycles. The van der Waals surface area contributed by atoms with Crippen LogP contribution in [0.4, 0.5) is 8.78 Å². The van der Waals surface area contributed by atoms with Crippen molar-refractivity contribution in [3.8, 4) is 0 Å². The third-order valence-corrected chi connectivity index (χ3v) is 4.02. The van der Waals surface area contributed by atoms with Crippen LogP contribution in [0.3, 0.4) is 0 Å². The molecule has 0 aromatic heterocycles. The Hall–Kier alpha value is -1.49. The Morgan fingerprint density at radius 3 is 2.05 bits per heavy atom. The van der Waals surface area contributed by atoms with E-state index in [-0.39, 0.29) is 18.0 Å². The van der Waals surface area contributed by atoms with Crippen LogP contribution in [-0.2, 0) is 4.79 Å². The lowest BCUT2D eigenvalue weighted by atomic mass is 10.00. The second-order valence-electron chi connectivity index (χ2n) is 5.53. The second kappa shape index (κ2) is 7.50. The summed E-state index contributed by atoms with van der Waals surface area (Å²) in [6.07, 6.45) is 1.97. The first-order valence-electron chi connectivity index (χ1n) is 7.42. The van der Waals surface area contributed by atoms with E-state index >= 15 is 0 Å². The lowest BCUT2D eigenvalue weighted by Crippen LogP contribution is -2.31. The highest BCUT2D eigenvalue weighted by atomic mass is 19.3. The summed E-state index contributed by atoms with van der Waals surface area (Å²) in [5.74, 6) is -0.859. The van der Waals surface area contributed by atoms with E-state index < -0.39 is 12.4 Å². The minimum atomic E-state index is -2.49. The van der Waals surface area contributed by atoms with Crippen molar-refractivity contribution in [1.82, 2.24) is 4.90 Å². The van der Waals surface area contributed by atoms with Crippen molar-refractivity contribution in [1.29, 1.82) is 0 Å². The highest BCUT2D eigenvalue weighted by Gasteiger charge is 2.24. The molecule has 1 fully saturated rings. The zero-order valence-electron chi connectivity index (χ0n) is 12.0. The second-order valence-corrected chi connectivity index (χ2v) is 5.53. The third kappa shape index (κ3) is 4.49. The molecule has 0 saturated carbocycles. The predicted octanol–water partition coefficient (Wildman–Crippen LogP) is 4.02. The highest BCUT2D eigenvalue weighted by molar-refractivity contribution is 5.68. The van der Waals surface area contributed by atoms with Gasteiger partial charge in [-0.3, -0.25) is 9.69 Å². The van der Waals surface area contributed by atoms with Gasteiger partial charge >= 0.3 is 5.97 Å². The smallest absolute Gasteiger partial charge is 0.305 e. The summed E-state index contributed by atoms with van der Waals surface area (Å²) in [6.45, 7) is 1.74. The molecule has 1 unspecified atom stereocenters. The molecule has 2 rings (SSSR count). The summed E-state index contributed by atoms with van der Waals surface area (Å²) < 4.78 is 25.2. The van der Waals surface area contributed by atoms with E-state index in [0.717, 1.165) is 31.5 Å². The Bertz CT molecular complexity index is 454. The molecule has 21 heavy (non-hydrogen) atoms. The van der Waals surface area contributed by atoms with Gasteiger partial charge < -0.3 is 5.11 Å². The van der Waals surface area contributed by atoms with Gasteiger partial charge in [-0.25, -0.2) is 8.78 Å².